The highest BCUT2D eigenvalue weighted by Gasteiger charge is 2.35. The van der Waals surface area contributed by atoms with E-state index in [1.807, 2.05) is 37.2 Å². The Bertz CT molecular complexity index is 486. The van der Waals surface area contributed by atoms with Crippen molar-refractivity contribution in [3.05, 3.63) is 35.9 Å². The van der Waals surface area contributed by atoms with Crippen LogP contribution in [0.1, 0.15) is 38.2 Å². The molecule has 4 heteroatoms. The van der Waals surface area contributed by atoms with Crippen molar-refractivity contribution in [2.24, 2.45) is 10.4 Å². The van der Waals surface area contributed by atoms with Crippen LogP contribution in [0.3, 0.4) is 0 Å². The van der Waals surface area contributed by atoms with Crippen LogP contribution in [0.15, 0.2) is 35.3 Å². The molecule has 2 unspecified atom stereocenters. The number of rotatable bonds is 4. The summed E-state index contributed by atoms with van der Waals surface area (Å²) in [5.74, 6) is 0.878. The van der Waals surface area contributed by atoms with Crippen molar-refractivity contribution in [3.8, 4) is 0 Å². The van der Waals surface area contributed by atoms with Crippen LogP contribution in [-0.2, 0) is 6.54 Å². The van der Waals surface area contributed by atoms with Crippen molar-refractivity contribution >= 4 is 5.96 Å². The molecule has 0 aromatic heterocycles. The Morgan fingerprint density at radius 2 is 2.05 bits per heavy atom. The summed E-state index contributed by atoms with van der Waals surface area (Å²) in [6.45, 7) is 3.61. The molecule has 1 aliphatic carbocycles. The molecule has 0 saturated heterocycles. The first-order chi connectivity index (χ1) is 10.5. The number of aliphatic imine (C=N–C) groups is 1. The van der Waals surface area contributed by atoms with Crippen LogP contribution < -0.4 is 5.32 Å². The van der Waals surface area contributed by atoms with Gasteiger partial charge in [0.1, 0.15) is 0 Å². The summed E-state index contributed by atoms with van der Waals surface area (Å²) >= 11 is 0. The fourth-order valence-corrected chi connectivity index (χ4v) is 2.97. The van der Waals surface area contributed by atoms with E-state index in [1.54, 1.807) is 0 Å². The second kappa shape index (κ2) is 7.63. The van der Waals surface area contributed by atoms with Gasteiger partial charge in [0.25, 0.3) is 0 Å². The minimum atomic E-state index is -0.216. The van der Waals surface area contributed by atoms with E-state index < -0.39 is 0 Å². The van der Waals surface area contributed by atoms with Gasteiger partial charge < -0.3 is 15.3 Å². The predicted octanol–water partition coefficient (Wildman–Crippen LogP) is 2.64. The zero-order chi connectivity index (χ0) is 16.0. The van der Waals surface area contributed by atoms with E-state index in [-0.39, 0.29) is 11.5 Å². The molecule has 2 N–H and O–H groups in total. The summed E-state index contributed by atoms with van der Waals surface area (Å²) in [7, 11) is 3.99. The van der Waals surface area contributed by atoms with E-state index in [0.717, 1.165) is 31.8 Å². The first-order valence-electron chi connectivity index (χ1n) is 8.19. The number of nitrogens with zero attached hydrogens (tertiary/aromatic N) is 2. The maximum Gasteiger partial charge on any atom is 0.193 e. The lowest BCUT2D eigenvalue weighted by atomic mass is 9.73. The highest BCUT2D eigenvalue weighted by Crippen LogP contribution is 2.35. The lowest BCUT2D eigenvalue weighted by Crippen LogP contribution is -2.48. The number of guanidine groups is 1. The van der Waals surface area contributed by atoms with Crippen LogP contribution in [0.2, 0.25) is 0 Å². The zero-order valence-electron chi connectivity index (χ0n) is 14.0. The zero-order valence-corrected chi connectivity index (χ0v) is 14.0. The Morgan fingerprint density at radius 3 is 2.68 bits per heavy atom. The molecule has 0 spiro atoms. The molecule has 1 aliphatic rings. The van der Waals surface area contributed by atoms with E-state index in [1.165, 1.54) is 12.0 Å². The summed E-state index contributed by atoms with van der Waals surface area (Å²) in [5, 5.41) is 13.7. The molecule has 0 aliphatic heterocycles. The summed E-state index contributed by atoms with van der Waals surface area (Å²) < 4.78 is 0. The van der Waals surface area contributed by atoms with Gasteiger partial charge in [-0.05, 0) is 18.4 Å². The van der Waals surface area contributed by atoms with Gasteiger partial charge in [-0.1, -0.05) is 50.1 Å². The van der Waals surface area contributed by atoms with Gasteiger partial charge in [-0.2, -0.15) is 0 Å². The first-order valence-corrected chi connectivity index (χ1v) is 8.19. The monoisotopic (exact) mass is 303 g/mol. The molecule has 0 radical (unpaired) electrons. The number of hydrogen-bond acceptors (Lipinski definition) is 2. The van der Waals surface area contributed by atoms with Crippen LogP contribution in [0.5, 0.6) is 0 Å². The van der Waals surface area contributed by atoms with Crippen molar-refractivity contribution < 1.29 is 5.11 Å². The standard InChI is InChI=1S/C18H29N3O/c1-18(12-8-7-11-16(18)22)14-20-17(21(2)3)19-13-15-9-5-4-6-10-15/h4-6,9-10,16,22H,7-8,11-14H2,1-3H3,(H,19,20). The molecule has 2 atom stereocenters. The van der Waals surface area contributed by atoms with Crippen molar-refractivity contribution in [1.82, 2.24) is 10.2 Å². The third-order valence-electron chi connectivity index (χ3n) is 4.61. The van der Waals surface area contributed by atoms with Gasteiger partial charge in [0.05, 0.1) is 12.6 Å². The Labute approximate surface area is 134 Å². The van der Waals surface area contributed by atoms with Crippen LogP contribution in [0, 0.1) is 5.41 Å². The topological polar surface area (TPSA) is 47.9 Å². The van der Waals surface area contributed by atoms with Gasteiger partial charge in [-0.3, -0.25) is 0 Å². The van der Waals surface area contributed by atoms with Crippen LogP contribution in [0.4, 0.5) is 0 Å². The van der Waals surface area contributed by atoms with Crippen molar-refractivity contribution in [3.63, 3.8) is 0 Å². The smallest absolute Gasteiger partial charge is 0.193 e. The van der Waals surface area contributed by atoms with Gasteiger partial charge in [-0.15, -0.1) is 0 Å². The van der Waals surface area contributed by atoms with E-state index in [4.69, 9.17) is 0 Å². The second-order valence-electron chi connectivity index (χ2n) is 6.79. The molecule has 0 bridgehead atoms. The molecule has 2 rings (SSSR count). The van der Waals surface area contributed by atoms with Gasteiger partial charge in [0, 0.05) is 26.1 Å². The maximum atomic E-state index is 10.3. The lowest BCUT2D eigenvalue weighted by Gasteiger charge is -2.39. The number of benzene rings is 1. The Morgan fingerprint density at radius 1 is 1.32 bits per heavy atom. The minimum absolute atomic E-state index is 0.0538. The summed E-state index contributed by atoms with van der Waals surface area (Å²) in [6.07, 6.45) is 4.11. The highest BCUT2D eigenvalue weighted by atomic mass is 16.3. The van der Waals surface area contributed by atoms with Crippen LogP contribution in [-0.4, -0.2) is 42.7 Å². The highest BCUT2D eigenvalue weighted by molar-refractivity contribution is 5.79. The molecule has 122 valence electrons. The molecule has 0 amide bonds. The average molecular weight is 303 g/mol. The molecule has 1 fully saturated rings. The predicted molar refractivity (Wildman–Crippen MR) is 91.9 cm³/mol. The molecular weight excluding hydrogens is 274 g/mol. The van der Waals surface area contributed by atoms with E-state index in [9.17, 15) is 5.11 Å². The first kappa shape index (κ1) is 16.8. The number of aliphatic hydroxyl groups is 1. The Hall–Kier alpha value is -1.55. The minimum Gasteiger partial charge on any atom is -0.392 e. The summed E-state index contributed by atoms with van der Waals surface area (Å²) in [6, 6.07) is 10.3. The molecule has 1 aromatic rings. The third kappa shape index (κ3) is 4.47. The molecular formula is C18H29N3O. The number of nitrogens with one attached hydrogen (secondary N) is 1. The Kier molecular flexibility index (Phi) is 5.83. The molecule has 1 aromatic carbocycles. The maximum absolute atomic E-state index is 10.3. The lowest BCUT2D eigenvalue weighted by molar-refractivity contribution is 0.00375. The van der Waals surface area contributed by atoms with Gasteiger partial charge >= 0.3 is 0 Å². The van der Waals surface area contributed by atoms with Crippen molar-refractivity contribution in [1.29, 1.82) is 0 Å². The number of aliphatic hydroxyl groups excluding tert-OH is 1. The molecule has 4 nitrogen and oxygen atoms in total. The van der Waals surface area contributed by atoms with Gasteiger partial charge in [0.15, 0.2) is 5.96 Å². The molecule has 22 heavy (non-hydrogen) atoms. The van der Waals surface area contributed by atoms with E-state index in [0.29, 0.717) is 6.54 Å². The summed E-state index contributed by atoms with van der Waals surface area (Å²) in [5.41, 5.74) is 1.15. The SMILES string of the molecule is CN(C)C(=NCc1ccccc1)NCC1(C)CCCCC1O. The molecule has 1 saturated carbocycles. The normalized spacial score (nSPS) is 25.8. The third-order valence-corrected chi connectivity index (χ3v) is 4.61. The summed E-state index contributed by atoms with van der Waals surface area (Å²) in [4.78, 5) is 6.69. The van der Waals surface area contributed by atoms with E-state index in [2.05, 4.69) is 29.4 Å². The van der Waals surface area contributed by atoms with Gasteiger partial charge in [-0.25, -0.2) is 4.99 Å². The van der Waals surface area contributed by atoms with Crippen molar-refractivity contribution in [2.75, 3.05) is 20.6 Å². The van der Waals surface area contributed by atoms with E-state index >= 15 is 0 Å². The van der Waals surface area contributed by atoms with Crippen LogP contribution in [0.25, 0.3) is 0 Å². The fourth-order valence-electron chi connectivity index (χ4n) is 2.97. The second-order valence-corrected chi connectivity index (χ2v) is 6.79. The Balaban J connectivity index is 1.97. The van der Waals surface area contributed by atoms with Crippen LogP contribution >= 0.6 is 0 Å². The van der Waals surface area contributed by atoms with Gasteiger partial charge in [0.2, 0.25) is 0 Å². The fraction of sp³-hybridized carbons (Fsp3) is 0.611. The molecule has 0 heterocycles. The quantitative estimate of drug-likeness (QED) is 0.664. The largest absolute Gasteiger partial charge is 0.392 e. The van der Waals surface area contributed by atoms with Crippen molar-refractivity contribution in [2.45, 2.75) is 45.3 Å². The number of hydrogen-bond donors (Lipinski definition) is 2. The average Bonchev–Trinajstić information content (AvgIpc) is 2.51.